The number of nitrogens with zero attached hydrogens (tertiary/aromatic N) is 2. The average molecular weight is 242 g/mol. The number of methoxy groups -OCH3 is 1. The second-order valence-corrected chi connectivity index (χ2v) is 5.02. The minimum atomic E-state index is -1.07. The monoisotopic (exact) mass is 242 g/mol. The molecule has 0 aliphatic rings. The van der Waals surface area contributed by atoms with E-state index in [0.29, 0.717) is 5.16 Å². The van der Waals surface area contributed by atoms with E-state index in [0.717, 1.165) is 17.5 Å². The molecule has 1 rings (SSSR count). The normalized spacial score (nSPS) is 14.4. The maximum atomic E-state index is 11.1. The number of hydrogen-bond donors (Lipinski definition) is 1. The van der Waals surface area contributed by atoms with Crippen LogP contribution in [0, 0.1) is 6.92 Å². The Labute approximate surface area is 98.3 Å². The van der Waals surface area contributed by atoms with Gasteiger partial charge in [0.25, 0.3) is 0 Å². The van der Waals surface area contributed by atoms with Gasteiger partial charge in [-0.3, -0.25) is 4.79 Å². The summed E-state index contributed by atoms with van der Waals surface area (Å²) in [5, 5.41) is 9.58. The lowest BCUT2D eigenvalue weighted by Crippen LogP contribution is -2.36. The fourth-order valence-electron chi connectivity index (χ4n) is 1.09. The van der Waals surface area contributed by atoms with E-state index >= 15 is 0 Å². The van der Waals surface area contributed by atoms with Crippen LogP contribution in [0.25, 0.3) is 0 Å². The molecular weight excluding hydrogens is 228 g/mol. The van der Waals surface area contributed by atoms with E-state index < -0.39 is 10.7 Å². The van der Waals surface area contributed by atoms with Crippen molar-refractivity contribution in [3.8, 4) is 0 Å². The van der Waals surface area contributed by atoms with Crippen LogP contribution in [0.2, 0.25) is 0 Å². The van der Waals surface area contributed by atoms with E-state index in [1.54, 1.807) is 19.2 Å². The molecule has 0 saturated carbocycles. The molecule has 88 valence electrons. The van der Waals surface area contributed by atoms with Crippen molar-refractivity contribution in [2.24, 2.45) is 0 Å². The van der Waals surface area contributed by atoms with E-state index in [4.69, 9.17) is 9.84 Å². The Kier molecular flexibility index (Phi) is 4.26. The third kappa shape index (κ3) is 3.18. The topological polar surface area (TPSA) is 72.3 Å². The summed E-state index contributed by atoms with van der Waals surface area (Å²) in [7, 11) is 1.47. The first-order chi connectivity index (χ1) is 7.48. The average Bonchev–Trinajstić information content (AvgIpc) is 2.17. The van der Waals surface area contributed by atoms with Crippen LogP contribution in [0.4, 0.5) is 0 Å². The minimum absolute atomic E-state index is 0.101. The maximum Gasteiger partial charge on any atom is 0.322 e. The van der Waals surface area contributed by atoms with Crippen LogP contribution in [-0.2, 0) is 9.53 Å². The first kappa shape index (κ1) is 12.9. The number of aromatic nitrogens is 2. The van der Waals surface area contributed by atoms with Crippen molar-refractivity contribution in [3.63, 3.8) is 0 Å². The summed E-state index contributed by atoms with van der Waals surface area (Å²) in [5.74, 6) is -0.940. The van der Waals surface area contributed by atoms with Crippen molar-refractivity contribution in [1.29, 1.82) is 0 Å². The van der Waals surface area contributed by atoms with Crippen LogP contribution in [-0.4, -0.2) is 39.5 Å². The Bertz CT molecular complexity index is 386. The van der Waals surface area contributed by atoms with E-state index in [1.807, 2.05) is 6.92 Å². The van der Waals surface area contributed by atoms with Gasteiger partial charge in [-0.2, -0.15) is 0 Å². The van der Waals surface area contributed by atoms with Crippen molar-refractivity contribution in [2.75, 3.05) is 13.7 Å². The van der Waals surface area contributed by atoms with E-state index in [9.17, 15) is 4.79 Å². The SMILES string of the molecule is COCC(C)(Sc1nccc(C)n1)C(=O)O. The van der Waals surface area contributed by atoms with Crippen LogP contribution < -0.4 is 0 Å². The van der Waals surface area contributed by atoms with Crippen molar-refractivity contribution in [3.05, 3.63) is 18.0 Å². The quantitative estimate of drug-likeness (QED) is 0.621. The number of ether oxygens (including phenoxy) is 1. The fourth-order valence-corrected chi connectivity index (χ4v) is 2.06. The molecule has 1 N–H and O–H groups in total. The van der Waals surface area contributed by atoms with Gasteiger partial charge >= 0.3 is 5.97 Å². The first-order valence-corrected chi connectivity index (χ1v) is 5.50. The van der Waals surface area contributed by atoms with E-state index in [2.05, 4.69) is 9.97 Å². The summed E-state index contributed by atoms with van der Waals surface area (Å²) in [6.45, 7) is 3.53. The Balaban J connectivity index is 2.87. The number of aliphatic carboxylic acids is 1. The Hall–Kier alpha value is -1.14. The Morgan fingerprint density at radius 1 is 1.69 bits per heavy atom. The highest BCUT2D eigenvalue weighted by Crippen LogP contribution is 2.30. The second kappa shape index (κ2) is 5.27. The molecular formula is C10H14N2O3S. The number of carbonyl (C=O) groups is 1. The smallest absolute Gasteiger partial charge is 0.322 e. The van der Waals surface area contributed by atoms with Crippen molar-refractivity contribution >= 4 is 17.7 Å². The molecule has 0 aliphatic heterocycles. The Morgan fingerprint density at radius 3 is 2.88 bits per heavy atom. The van der Waals surface area contributed by atoms with Gasteiger partial charge in [0.05, 0.1) is 6.61 Å². The fraction of sp³-hybridized carbons (Fsp3) is 0.500. The lowest BCUT2D eigenvalue weighted by atomic mass is 10.2. The van der Waals surface area contributed by atoms with Crippen molar-refractivity contribution in [1.82, 2.24) is 9.97 Å². The number of aryl methyl sites for hydroxylation is 1. The Morgan fingerprint density at radius 2 is 2.38 bits per heavy atom. The molecule has 0 spiro atoms. The van der Waals surface area contributed by atoms with Crippen LogP contribution in [0.5, 0.6) is 0 Å². The lowest BCUT2D eigenvalue weighted by molar-refractivity contribution is -0.140. The number of thioether (sulfide) groups is 1. The molecule has 0 radical (unpaired) electrons. The zero-order valence-corrected chi connectivity index (χ0v) is 10.2. The number of hydrogen-bond acceptors (Lipinski definition) is 5. The van der Waals surface area contributed by atoms with Gasteiger partial charge in [-0.15, -0.1) is 0 Å². The molecule has 1 atom stereocenters. The van der Waals surface area contributed by atoms with Crippen molar-refractivity contribution in [2.45, 2.75) is 23.8 Å². The summed E-state index contributed by atoms with van der Waals surface area (Å²) in [5.41, 5.74) is 0.808. The summed E-state index contributed by atoms with van der Waals surface area (Å²) in [6, 6.07) is 1.76. The predicted octanol–water partition coefficient (Wildman–Crippen LogP) is 1.37. The first-order valence-electron chi connectivity index (χ1n) is 4.69. The maximum absolute atomic E-state index is 11.1. The molecule has 1 unspecified atom stereocenters. The predicted molar refractivity (Wildman–Crippen MR) is 60.5 cm³/mol. The standard InChI is InChI=1S/C10H14N2O3S/c1-7-4-5-11-9(12-7)16-10(2,6-15-3)8(13)14/h4-5H,6H2,1-3H3,(H,13,14). The van der Waals surface area contributed by atoms with Crippen LogP contribution in [0.15, 0.2) is 17.4 Å². The van der Waals surface area contributed by atoms with Gasteiger partial charge in [-0.1, -0.05) is 11.8 Å². The van der Waals surface area contributed by atoms with E-state index in [1.165, 1.54) is 7.11 Å². The molecule has 6 heteroatoms. The number of carboxylic acids is 1. The third-order valence-electron chi connectivity index (χ3n) is 1.96. The van der Waals surface area contributed by atoms with Gasteiger partial charge < -0.3 is 9.84 Å². The highest BCUT2D eigenvalue weighted by molar-refractivity contribution is 8.01. The second-order valence-electron chi connectivity index (χ2n) is 3.55. The molecule has 0 bridgehead atoms. The van der Waals surface area contributed by atoms with Gasteiger partial charge in [0.1, 0.15) is 4.75 Å². The minimum Gasteiger partial charge on any atom is -0.480 e. The molecule has 1 aromatic heterocycles. The molecule has 0 amide bonds. The molecule has 16 heavy (non-hydrogen) atoms. The van der Waals surface area contributed by atoms with Gasteiger partial charge in [0.15, 0.2) is 5.16 Å². The summed E-state index contributed by atoms with van der Waals surface area (Å²) < 4.78 is 3.85. The van der Waals surface area contributed by atoms with Crippen LogP contribution in [0.3, 0.4) is 0 Å². The largest absolute Gasteiger partial charge is 0.480 e. The molecule has 0 aliphatic carbocycles. The molecule has 0 aromatic carbocycles. The highest BCUT2D eigenvalue weighted by atomic mass is 32.2. The molecule has 0 saturated heterocycles. The van der Waals surface area contributed by atoms with E-state index in [-0.39, 0.29) is 6.61 Å². The highest BCUT2D eigenvalue weighted by Gasteiger charge is 2.35. The third-order valence-corrected chi connectivity index (χ3v) is 3.08. The zero-order valence-electron chi connectivity index (χ0n) is 9.43. The molecule has 5 nitrogen and oxygen atoms in total. The summed E-state index contributed by atoms with van der Waals surface area (Å²) >= 11 is 1.09. The molecule has 1 aromatic rings. The number of carboxylic acid groups (broad SMARTS) is 1. The summed E-state index contributed by atoms with van der Waals surface area (Å²) in [6.07, 6.45) is 1.61. The molecule has 1 heterocycles. The van der Waals surface area contributed by atoms with Gasteiger partial charge in [0.2, 0.25) is 0 Å². The van der Waals surface area contributed by atoms with Crippen LogP contribution >= 0.6 is 11.8 Å². The van der Waals surface area contributed by atoms with Crippen molar-refractivity contribution < 1.29 is 14.6 Å². The van der Waals surface area contributed by atoms with Crippen LogP contribution in [0.1, 0.15) is 12.6 Å². The summed E-state index contributed by atoms with van der Waals surface area (Å²) in [4.78, 5) is 19.3. The van der Waals surface area contributed by atoms with Gasteiger partial charge in [-0.05, 0) is 19.9 Å². The zero-order chi connectivity index (χ0) is 12.2. The lowest BCUT2D eigenvalue weighted by Gasteiger charge is -2.21. The number of rotatable bonds is 5. The van der Waals surface area contributed by atoms with Gasteiger partial charge in [0, 0.05) is 19.0 Å². The van der Waals surface area contributed by atoms with Gasteiger partial charge in [-0.25, -0.2) is 9.97 Å². The molecule has 0 fully saturated rings.